The summed E-state index contributed by atoms with van der Waals surface area (Å²) in [7, 11) is 3.48. The van der Waals surface area contributed by atoms with E-state index in [-0.39, 0.29) is 5.97 Å². The fourth-order valence-electron chi connectivity index (χ4n) is 0.214. The van der Waals surface area contributed by atoms with Gasteiger partial charge in [0.2, 0.25) is 0 Å². The number of rotatable bonds is 3. The highest BCUT2D eigenvalue weighted by Gasteiger charge is 1.96. The van der Waals surface area contributed by atoms with Crippen molar-refractivity contribution in [3.05, 3.63) is 0 Å². The predicted octanol–water partition coefficient (Wildman–Crippen LogP) is -0.0792. The molecule has 1 N–H and O–H groups in total. The summed E-state index contributed by atoms with van der Waals surface area (Å²) in [5.74, 6) is -0.260. The highest BCUT2D eigenvalue weighted by molar-refractivity contribution is 5.68. The maximum absolute atomic E-state index is 10.4. The van der Waals surface area contributed by atoms with E-state index in [0.29, 0.717) is 6.42 Å². The van der Waals surface area contributed by atoms with Gasteiger partial charge >= 0.3 is 5.97 Å². The zero-order chi connectivity index (χ0) is 7.28. The van der Waals surface area contributed by atoms with E-state index in [1.165, 1.54) is 0 Å². The van der Waals surface area contributed by atoms with Crippen molar-refractivity contribution in [3.8, 4) is 0 Å². The van der Waals surface area contributed by atoms with Gasteiger partial charge in [0, 0.05) is 20.5 Å². The summed E-state index contributed by atoms with van der Waals surface area (Å²) in [6.45, 7) is 1.74. The van der Waals surface area contributed by atoms with Crippen LogP contribution in [-0.2, 0) is 9.63 Å². The zero-order valence-electron chi connectivity index (χ0n) is 5.97. The smallest absolute Gasteiger partial charge is 0.326 e. The summed E-state index contributed by atoms with van der Waals surface area (Å²) in [4.78, 5) is 14.9. The van der Waals surface area contributed by atoms with Crippen molar-refractivity contribution in [2.24, 2.45) is 0 Å². The molecule has 4 heteroatoms. The third-order valence-corrected chi connectivity index (χ3v) is 0.631. The number of carbonyl (C=O) groups is 1. The number of carbonyl (C=O) groups excluding carboxylic acids is 1. The first-order valence-corrected chi connectivity index (χ1v) is 2.79. The number of hydrazine groups is 1. The second-order valence-corrected chi connectivity index (χ2v) is 1.81. The van der Waals surface area contributed by atoms with Crippen LogP contribution in [0, 0.1) is 0 Å². The Kier molecular flexibility index (Phi) is 4.00. The lowest BCUT2D eigenvalue weighted by Gasteiger charge is -2.09. The Morgan fingerprint density at radius 2 is 2.22 bits per heavy atom. The van der Waals surface area contributed by atoms with E-state index >= 15 is 0 Å². The summed E-state index contributed by atoms with van der Waals surface area (Å²) >= 11 is 0. The zero-order valence-corrected chi connectivity index (χ0v) is 5.97. The van der Waals surface area contributed by atoms with Crippen LogP contribution in [0.4, 0.5) is 0 Å². The van der Waals surface area contributed by atoms with Crippen LogP contribution < -0.4 is 5.59 Å². The third kappa shape index (κ3) is 5.26. The largest absolute Gasteiger partial charge is 0.356 e. The molecule has 0 spiro atoms. The monoisotopic (exact) mass is 132 g/mol. The van der Waals surface area contributed by atoms with Gasteiger partial charge in [-0.25, -0.2) is 5.01 Å². The maximum Gasteiger partial charge on any atom is 0.326 e. The second-order valence-electron chi connectivity index (χ2n) is 1.81. The van der Waals surface area contributed by atoms with Gasteiger partial charge in [0.25, 0.3) is 0 Å². The molecule has 0 aromatic rings. The van der Waals surface area contributed by atoms with E-state index in [2.05, 4.69) is 10.4 Å². The Bertz CT molecular complexity index is 93.0. The van der Waals surface area contributed by atoms with Crippen LogP contribution >= 0.6 is 0 Å². The Labute approximate surface area is 54.7 Å². The van der Waals surface area contributed by atoms with Gasteiger partial charge in [-0.2, -0.15) is 0 Å². The van der Waals surface area contributed by atoms with Crippen molar-refractivity contribution in [3.63, 3.8) is 0 Å². The minimum Gasteiger partial charge on any atom is -0.356 e. The molecule has 0 saturated heterocycles. The van der Waals surface area contributed by atoms with E-state index in [9.17, 15) is 4.79 Å². The van der Waals surface area contributed by atoms with Gasteiger partial charge in [0.05, 0.1) is 0 Å². The molecule has 0 aliphatic carbocycles. The summed E-state index contributed by atoms with van der Waals surface area (Å²) < 4.78 is 0. The topological polar surface area (TPSA) is 41.6 Å². The number of nitrogens with zero attached hydrogens (tertiary/aromatic N) is 1. The van der Waals surface area contributed by atoms with Gasteiger partial charge in [-0.3, -0.25) is 4.79 Å². The highest BCUT2D eigenvalue weighted by Crippen LogP contribution is 1.78. The minimum absolute atomic E-state index is 0.260. The predicted molar refractivity (Wildman–Crippen MR) is 33.2 cm³/mol. The van der Waals surface area contributed by atoms with Crippen molar-refractivity contribution in [1.29, 1.82) is 0 Å². The number of hydrogen-bond acceptors (Lipinski definition) is 4. The van der Waals surface area contributed by atoms with Gasteiger partial charge in [0.1, 0.15) is 0 Å². The van der Waals surface area contributed by atoms with Gasteiger partial charge in [-0.1, -0.05) is 12.5 Å². The Morgan fingerprint density at radius 3 is 2.56 bits per heavy atom. The normalized spacial score (nSPS) is 9.78. The van der Waals surface area contributed by atoms with E-state index in [0.717, 1.165) is 0 Å². The van der Waals surface area contributed by atoms with Crippen molar-refractivity contribution in [2.45, 2.75) is 13.3 Å². The highest BCUT2D eigenvalue weighted by atomic mass is 16.7. The molecule has 0 unspecified atom stereocenters. The average molecular weight is 132 g/mol. The molecule has 4 nitrogen and oxygen atoms in total. The lowest BCUT2D eigenvalue weighted by atomic mass is 10.5. The molecule has 0 aliphatic rings. The molecule has 0 radical (unpaired) electrons. The fraction of sp³-hybridized carbons (Fsp3) is 0.800. The Morgan fingerprint density at radius 1 is 1.67 bits per heavy atom. The molecule has 9 heavy (non-hydrogen) atoms. The molecular formula is C5H12N2O2. The van der Waals surface area contributed by atoms with Gasteiger partial charge < -0.3 is 4.84 Å². The Hall–Kier alpha value is -0.610. The molecule has 0 bridgehead atoms. The first-order chi connectivity index (χ1) is 4.16. The number of nitrogens with one attached hydrogen (secondary N) is 1. The molecule has 0 saturated carbocycles. The molecule has 54 valence electrons. The Balaban J connectivity index is 3.17. The van der Waals surface area contributed by atoms with E-state index in [4.69, 9.17) is 0 Å². The second kappa shape index (κ2) is 4.29. The summed E-state index contributed by atoms with van der Waals surface area (Å²) in [5.41, 5.74) is 2.38. The van der Waals surface area contributed by atoms with Gasteiger partial charge in [0.15, 0.2) is 0 Å². The molecule has 0 aromatic carbocycles. The molecule has 0 aliphatic heterocycles. The van der Waals surface area contributed by atoms with Crippen LogP contribution in [0.1, 0.15) is 13.3 Å². The lowest BCUT2D eigenvalue weighted by molar-refractivity contribution is -0.161. The maximum atomic E-state index is 10.4. The van der Waals surface area contributed by atoms with E-state index in [1.54, 1.807) is 26.0 Å². The standard InChI is InChI=1S/C5H12N2O2/c1-4-5(8)9-6-7(2)3/h6H,4H2,1-3H3. The molecule has 0 heterocycles. The van der Waals surface area contributed by atoms with E-state index in [1.807, 2.05) is 0 Å². The van der Waals surface area contributed by atoms with Crippen LogP contribution in [0.3, 0.4) is 0 Å². The van der Waals surface area contributed by atoms with Crippen molar-refractivity contribution >= 4 is 5.97 Å². The first kappa shape index (κ1) is 8.39. The van der Waals surface area contributed by atoms with Gasteiger partial charge in [-0.05, 0) is 0 Å². The van der Waals surface area contributed by atoms with E-state index < -0.39 is 0 Å². The van der Waals surface area contributed by atoms with Crippen LogP contribution in [0.25, 0.3) is 0 Å². The molecule has 0 rings (SSSR count). The molecule has 0 aromatic heterocycles. The van der Waals surface area contributed by atoms with Crippen LogP contribution in [0.5, 0.6) is 0 Å². The molecule has 0 amide bonds. The summed E-state index contributed by atoms with van der Waals surface area (Å²) in [5, 5.41) is 1.55. The molecule has 0 fully saturated rings. The van der Waals surface area contributed by atoms with Crippen LogP contribution in [0.15, 0.2) is 0 Å². The fourth-order valence-corrected chi connectivity index (χ4v) is 0.214. The van der Waals surface area contributed by atoms with Gasteiger partial charge in [-0.15, -0.1) is 0 Å². The SMILES string of the molecule is CCC(=O)ONN(C)C. The summed E-state index contributed by atoms with van der Waals surface area (Å²) in [6.07, 6.45) is 0.390. The van der Waals surface area contributed by atoms with Crippen LogP contribution in [0.2, 0.25) is 0 Å². The van der Waals surface area contributed by atoms with Crippen molar-refractivity contribution < 1.29 is 9.63 Å². The van der Waals surface area contributed by atoms with Crippen molar-refractivity contribution in [1.82, 2.24) is 10.6 Å². The molecular weight excluding hydrogens is 120 g/mol. The first-order valence-electron chi connectivity index (χ1n) is 2.79. The minimum atomic E-state index is -0.260. The lowest BCUT2D eigenvalue weighted by Crippen LogP contribution is -2.32. The van der Waals surface area contributed by atoms with Crippen molar-refractivity contribution in [2.75, 3.05) is 14.1 Å². The quantitative estimate of drug-likeness (QED) is 0.545. The summed E-state index contributed by atoms with van der Waals surface area (Å²) in [6, 6.07) is 0. The average Bonchev–Trinajstić information content (AvgIpc) is 1.83. The third-order valence-electron chi connectivity index (χ3n) is 0.631. The molecule has 0 atom stereocenters. The number of hydrogen-bond donors (Lipinski definition) is 1. The van der Waals surface area contributed by atoms with Crippen LogP contribution in [-0.4, -0.2) is 25.1 Å².